The zero-order chi connectivity index (χ0) is 16.3. The zero-order valence-electron chi connectivity index (χ0n) is 21.8. The van der Waals surface area contributed by atoms with E-state index in [1.807, 2.05) is 30.3 Å². The molecule has 0 atom stereocenters. The van der Waals surface area contributed by atoms with E-state index in [1.54, 1.807) is 0 Å². The molecule has 0 fully saturated rings. The normalized spacial score (nSPS) is 9.84. The number of hydrogen-bond acceptors (Lipinski definition) is 0. The third-order valence-corrected chi connectivity index (χ3v) is 4.07. The van der Waals surface area contributed by atoms with Gasteiger partial charge in [0.2, 0.25) is 0 Å². The Labute approximate surface area is 216 Å². The van der Waals surface area contributed by atoms with E-state index in [4.69, 9.17) is 0 Å². The minimum atomic E-state index is 0. The first-order chi connectivity index (χ1) is 11.0. The zero-order valence-corrected chi connectivity index (χ0v) is 25.4. The predicted molar refractivity (Wildman–Crippen MR) is 145 cm³/mol. The Morgan fingerprint density at radius 3 is 1.81 bits per heavy atom. The fourth-order valence-corrected chi connectivity index (χ4v) is 3.11. The largest absolute Gasteiger partial charge is 0.358 e. The van der Waals surface area contributed by atoms with Crippen LogP contribution in [0.4, 0.5) is 0 Å². The second-order valence-electron chi connectivity index (χ2n) is 7.35. The Hall–Kier alpha value is -1.34. The summed E-state index contributed by atoms with van der Waals surface area (Å²) in [6.07, 6.45) is 5.67. The van der Waals surface area contributed by atoms with Gasteiger partial charge in [0, 0.05) is 25.8 Å². The molecule has 1 aliphatic rings. The Balaban J connectivity index is -0.000000108. The van der Waals surface area contributed by atoms with Crippen LogP contribution < -0.4 is 0 Å². The molecule has 1 aliphatic carbocycles. The topological polar surface area (TPSA) is 0 Å². The summed E-state index contributed by atoms with van der Waals surface area (Å²) in [5.74, 6) is 0. The van der Waals surface area contributed by atoms with Crippen LogP contribution in [0.15, 0.2) is 66.7 Å². The van der Waals surface area contributed by atoms with Gasteiger partial charge in [-0.1, -0.05) is 69.0 Å². The summed E-state index contributed by atoms with van der Waals surface area (Å²) in [6.45, 7) is 6.89. The van der Waals surface area contributed by atoms with Crippen LogP contribution in [0.2, 0.25) is 0 Å². The van der Waals surface area contributed by atoms with Crippen molar-refractivity contribution >= 4 is 16.3 Å². The summed E-state index contributed by atoms with van der Waals surface area (Å²) >= 11 is 0. The van der Waals surface area contributed by atoms with Crippen molar-refractivity contribution in [2.75, 3.05) is 0 Å². The monoisotopic (exact) mass is 585 g/mol. The van der Waals surface area contributed by atoms with E-state index < -0.39 is 0 Å². The molecular formula is C30H45Hf-9. The van der Waals surface area contributed by atoms with Crippen LogP contribution in [0.3, 0.4) is 0 Å². The van der Waals surface area contributed by atoms with Crippen molar-refractivity contribution in [3.05, 3.63) is 136 Å². The van der Waals surface area contributed by atoms with E-state index in [9.17, 15) is 0 Å². The van der Waals surface area contributed by atoms with Crippen LogP contribution >= 0.6 is 0 Å². The van der Waals surface area contributed by atoms with Gasteiger partial charge in [0.15, 0.2) is 0 Å². The smallest absolute Gasteiger partial charge is 0 e. The van der Waals surface area contributed by atoms with Crippen LogP contribution in [0.1, 0.15) is 38.3 Å². The molecular weight excluding hydrogens is 539 g/mol. The molecule has 3 aromatic rings. The second kappa shape index (κ2) is 19.4. The number of hydrogen-bond donors (Lipinski definition) is 0. The van der Waals surface area contributed by atoms with Gasteiger partial charge >= 0.3 is 0 Å². The Morgan fingerprint density at radius 1 is 0.774 bits per heavy atom. The summed E-state index contributed by atoms with van der Waals surface area (Å²) in [5, 5.41) is 2.73. The predicted octanol–water partition coefficient (Wildman–Crippen LogP) is 9.57. The molecule has 0 nitrogen and oxygen atoms in total. The molecule has 31 heavy (non-hydrogen) atoms. The van der Waals surface area contributed by atoms with Crippen molar-refractivity contribution in [3.8, 4) is 0 Å². The molecule has 0 unspecified atom stereocenters. The van der Waals surface area contributed by atoms with Gasteiger partial charge in [-0.3, -0.25) is 6.08 Å². The standard InChI is InChI=1S/C18H19.C5H5.7CH3.Hf/c1-18(2,3)12-15-11-10-14-9-8-13-6-4-5-7-16(13)17(14)15;1-2-4-5-3-1;;;;;;;;/h4-9H,10,12H2,1-3H3;1-5H;7*1H3;/q9*-1;. The molecule has 0 radical (unpaired) electrons. The van der Waals surface area contributed by atoms with Crippen LogP contribution in [0, 0.1) is 63.5 Å². The number of fused-ring (bicyclic) bond motifs is 3. The van der Waals surface area contributed by atoms with Crippen LogP contribution in [0.5, 0.6) is 0 Å². The first-order valence-corrected chi connectivity index (χ1v) is 8.32. The molecule has 178 valence electrons. The van der Waals surface area contributed by atoms with Crippen LogP contribution in [-0.4, -0.2) is 0 Å². The Kier molecular flexibility index (Phi) is 27.2. The van der Waals surface area contributed by atoms with Crippen molar-refractivity contribution in [1.82, 2.24) is 0 Å². The van der Waals surface area contributed by atoms with Crippen molar-refractivity contribution < 1.29 is 25.8 Å². The average molecular weight is 584 g/mol. The fraction of sp³-hybridized carbons (Fsp3) is 0.200. The molecule has 0 bridgehead atoms. The maximum atomic E-state index is 3.59. The summed E-state index contributed by atoms with van der Waals surface area (Å²) in [4.78, 5) is 0. The minimum Gasteiger partial charge on any atom is -0.358 e. The quantitative estimate of drug-likeness (QED) is 0.198. The molecule has 0 saturated carbocycles. The summed E-state index contributed by atoms with van der Waals surface area (Å²) in [5.41, 5.74) is 4.62. The van der Waals surface area contributed by atoms with E-state index in [0.717, 1.165) is 12.8 Å². The molecule has 0 saturated heterocycles. The third kappa shape index (κ3) is 11.7. The molecule has 0 aromatic heterocycles. The van der Waals surface area contributed by atoms with Gasteiger partial charge < -0.3 is 52.0 Å². The van der Waals surface area contributed by atoms with Crippen molar-refractivity contribution in [2.24, 2.45) is 5.41 Å². The van der Waals surface area contributed by atoms with E-state index in [2.05, 4.69) is 63.2 Å². The molecule has 3 aromatic carbocycles. The fourth-order valence-electron chi connectivity index (χ4n) is 3.11. The van der Waals surface area contributed by atoms with E-state index >= 15 is 0 Å². The first-order valence-electron chi connectivity index (χ1n) is 8.32. The summed E-state index contributed by atoms with van der Waals surface area (Å²) in [6, 6.07) is 23.2. The van der Waals surface area contributed by atoms with E-state index in [0.29, 0.717) is 5.41 Å². The molecule has 0 heterocycles. The number of rotatable bonds is 1. The van der Waals surface area contributed by atoms with Crippen molar-refractivity contribution in [3.63, 3.8) is 0 Å². The summed E-state index contributed by atoms with van der Waals surface area (Å²) < 4.78 is 0. The van der Waals surface area contributed by atoms with Gasteiger partial charge in [0.1, 0.15) is 0 Å². The molecule has 0 N–H and O–H groups in total. The van der Waals surface area contributed by atoms with Gasteiger partial charge in [-0.25, -0.2) is 17.7 Å². The van der Waals surface area contributed by atoms with Crippen molar-refractivity contribution in [2.45, 2.75) is 33.6 Å². The Morgan fingerprint density at radius 2 is 1.32 bits per heavy atom. The Bertz CT molecular complexity index is 785. The molecule has 0 amide bonds. The van der Waals surface area contributed by atoms with Gasteiger partial charge in [-0.2, -0.15) is 23.8 Å². The molecule has 4 rings (SSSR count). The third-order valence-electron chi connectivity index (χ3n) is 4.07. The number of allylic oxidation sites excluding steroid dienone is 2. The molecule has 0 aliphatic heterocycles. The average Bonchev–Trinajstić information content (AvgIpc) is 3.19. The van der Waals surface area contributed by atoms with Gasteiger partial charge in [0.25, 0.3) is 0 Å². The second-order valence-corrected chi connectivity index (χ2v) is 7.35. The van der Waals surface area contributed by atoms with Crippen LogP contribution in [-0.2, 0) is 32.3 Å². The van der Waals surface area contributed by atoms with Gasteiger partial charge in [-0.15, -0.1) is 12.0 Å². The number of benzene rings is 2. The molecule has 0 spiro atoms. The maximum Gasteiger partial charge on any atom is 0 e. The van der Waals surface area contributed by atoms with Gasteiger partial charge in [0.05, 0.1) is 0 Å². The molecule has 1 heteroatoms. The summed E-state index contributed by atoms with van der Waals surface area (Å²) in [7, 11) is 0. The van der Waals surface area contributed by atoms with Gasteiger partial charge in [-0.05, 0) is 10.8 Å². The van der Waals surface area contributed by atoms with E-state index in [1.165, 1.54) is 27.5 Å². The van der Waals surface area contributed by atoms with E-state index in [-0.39, 0.29) is 77.8 Å². The van der Waals surface area contributed by atoms with Crippen LogP contribution in [0.25, 0.3) is 16.3 Å². The SMILES string of the molecule is CC(C)(C)CC1=[C-]Cc2ccc3ccccc3c21.[CH3-].[CH3-].[CH3-].[CH3-].[CH3-].[CH3-].[CH3-].[Hf].c1cc[cH-]c1. The maximum absolute atomic E-state index is 3.59. The first kappa shape index (κ1) is 43.5. The minimum absolute atomic E-state index is 0. The van der Waals surface area contributed by atoms with Crippen molar-refractivity contribution in [1.29, 1.82) is 0 Å².